The maximum absolute atomic E-state index is 9.01. The van der Waals surface area contributed by atoms with Crippen LogP contribution < -0.4 is 56.5 Å². The summed E-state index contributed by atoms with van der Waals surface area (Å²) in [6, 6.07) is 0. The number of aliphatic hydroxyl groups is 1. The number of hydrogen-bond donors (Lipinski definition) is 1. The van der Waals surface area contributed by atoms with Crippen molar-refractivity contribution in [3.8, 4) is 0 Å². The fourth-order valence-corrected chi connectivity index (χ4v) is 0. The molecular formula is C6H11KO3. The molecule has 0 heterocycles. The fourth-order valence-electron chi connectivity index (χ4n) is 0. The van der Waals surface area contributed by atoms with Gasteiger partial charge in [0.15, 0.2) is 0 Å². The van der Waals surface area contributed by atoms with Gasteiger partial charge in [0, 0.05) is 0 Å². The maximum Gasteiger partial charge on any atom is 1.00 e. The van der Waals surface area contributed by atoms with E-state index in [0.717, 1.165) is 0 Å². The SMILES string of the molecule is C=C.C=C.O=C([O-])CO.[K+]. The number of carbonyl (C=O) groups excluding carboxylic acids is 1. The van der Waals surface area contributed by atoms with E-state index in [1.807, 2.05) is 0 Å². The van der Waals surface area contributed by atoms with E-state index in [9.17, 15) is 0 Å². The zero-order chi connectivity index (χ0) is 8.28. The molecule has 0 aliphatic rings. The average Bonchev–Trinajstić information content (AvgIpc) is 1.97. The normalized spacial score (nSPS) is 4.50. The molecule has 0 rings (SSSR count). The molecule has 0 aliphatic heterocycles. The topological polar surface area (TPSA) is 60.4 Å². The van der Waals surface area contributed by atoms with Crippen molar-refractivity contribution in [3.63, 3.8) is 0 Å². The summed E-state index contributed by atoms with van der Waals surface area (Å²) >= 11 is 0. The molecule has 0 aromatic rings. The summed E-state index contributed by atoms with van der Waals surface area (Å²) in [5, 5.41) is 16.5. The zero-order valence-electron chi connectivity index (χ0n) is 6.30. The summed E-state index contributed by atoms with van der Waals surface area (Å²) in [6.45, 7) is 11.1. The van der Waals surface area contributed by atoms with Gasteiger partial charge in [-0.05, 0) is 0 Å². The third kappa shape index (κ3) is 75.1. The van der Waals surface area contributed by atoms with Crippen molar-refractivity contribution in [2.24, 2.45) is 0 Å². The van der Waals surface area contributed by atoms with Crippen LogP contribution in [-0.2, 0) is 4.79 Å². The third-order valence-corrected chi connectivity index (χ3v) is 0.129. The van der Waals surface area contributed by atoms with E-state index in [0.29, 0.717) is 0 Å². The summed E-state index contributed by atoms with van der Waals surface area (Å²) in [4.78, 5) is 9.01. The molecule has 0 fully saturated rings. The van der Waals surface area contributed by atoms with E-state index >= 15 is 0 Å². The van der Waals surface area contributed by atoms with Gasteiger partial charge in [0.25, 0.3) is 0 Å². The van der Waals surface area contributed by atoms with Crippen LogP contribution in [0, 0.1) is 0 Å². The minimum Gasteiger partial charge on any atom is -0.548 e. The van der Waals surface area contributed by atoms with Crippen molar-refractivity contribution in [1.29, 1.82) is 0 Å². The number of aliphatic hydroxyl groups excluding tert-OH is 1. The number of aliphatic carboxylic acids is 1. The molecule has 0 aromatic heterocycles. The van der Waals surface area contributed by atoms with Crippen LogP contribution in [0.2, 0.25) is 0 Å². The van der Waals surface area contributed by atoms with E-state index < -0.39 is 12.6 Å². The van der Waals surface area contributed by atoms with E-state index in [1.54, 1.807) is 0 Å². The van der Waals surface area contributed by atoms with Crippen LogP contribution >= 0.6 is 0 Å². The molecule has 0 aliphatic carbocycles. The summed E-state index contributed by atoms with van der Waals surface area (Å²) in [7, 11) is 0. The Kier molecular flexibility index (Phi) is 75.7. The average molecular weight is 170 g/mol. The van der Waals surface area contributed by atoms with Gasteiger partial charge in [0.1, 0.15) is 0 Å². The van der Waals surface area contributed by atoms with Gasteiger partial charge in [-0.1, -0.05) is 0 Å². The molecule has 0 saturated heterocycles. The van der Waals surface area contributed by atoms with Gasteiger partial charge in [-0.2, -0.15) is 0 Å². The molecule has 10 heavy (non-hydrogen) atoms. The summed E-state index contributed by atoms with van der Waals surface area (Å²) in [6.07, 6.45) is 0. The van der Waals surface area contributed by atoms with Crippen LogP contribution in [0.4, 0.5) is 0 Å². The quantitative estimate of drug-likeness (QED) is 0.326. The van der Waals surface area contributed by atoms with Gasteiger partial charge < -0.3 is 15.0 Å². The first-order valence-corrected chi connectivity index (χ1v) is 2.08. The molecule has 0 spiro atoms. The van der Waals surface area contributed by atoms with E-state index in [-0.39, 0.29) is 51.4 Å². The predicted molar refractivity (Wildman–Crippen MR) is 34.6 cm³/mol. The van der Waals surface area contributed by atoms with Crippen molar-refractivity contribution < 1.29 is 66.4 Å². The first-order chi connectivity index (χ1) is 4.27. The minimum atomic E-state index is -1.44. The summed E-state index contributed by atoms with van der Waals surface area (Å²) in [5.74, 6) is -1.44. The second-order valence-corrected chi connectivity index (χ2v) is 0.530. The Labute approximate surface area is 104 Å². The monoisotopic (exact) mass is 170 g/mol. The molecule has 0 bridgehead atoms. The molecule has 1 N–H and O–H groups in total. The number of carbonyl (C=O) groups is 1. The number of carboxylic acid groups (broad SMARTS) is 1. The smallest absolute Gasteiger partial charge is 0.548 e. The van der Waals surface area contributed by atoms with Crippen LogP contribution in [0.15, 0.2) is 26.3 Å². The maximum atomic E-state index is 9.01. The Morgan fingerprint density at radius 1 is 1.30 bits per heavy atom. The summed E-state index contributed by atoms with van der Waals surface area (Å²) < 4.78 is 0. The molecule has 3 nitrogen and oxygen atoms in total. The second kappa shape index (κ2) is 33.7. The van der Waals surface area contributed by atoms with Gasteiger partial charge in [0.2, 0.25) is 0 Å². The molecule has 0 atom stereocenters. The van der Waals surface area contributed by atoms with Crippen LogP contribution in [0.25, 0.3) is 0 Å². The summed E-state index contributed by atoms with van der Waals surface area (Å²) in [5.41, 5.74) is 0. The minimum absolute atomic E-state index is 0. The molecule has 4 heteroatoms. The van der Waals surface area contributed by atoms with Crippen LogP contribution in [0.3, 0.4) is 0 Å². The molecular weight excluding hydrogens is 159 g/mol. The van der Waals surface area contributed by atoms with Gasteiger partial charge >= 0.3 is 51.4 Å². The Morgan fingerprint density at radius 2 is 1.40 bits per heavy atom. The van der Waals surface area contributed by atoms with Gasteiger partial charge in [-0.15, -0.1) is 26.3 Å². The van der Waals surface area contributed by atoms with Gasteiger partial charge in [0.05, 0.1) is 12.6 Å². The van der Waals surface area contributed by atoms with E-state index in [1.165, 1.54) is 0 Å². The van der Waals surface area contributed by atoms with E-state index in [4.69, 9.17) is 15.0 Å². The predicted octanol–water partition coefficient (Wildman–Crippen LogP) is -3.66. The van der Waals surface area contributed by atoms with Crippen molar-refractivity contribution >= 4 is 5.97 Å². The second-order valence-electron chi connectivity index (χ2n) is 0.530. The Balaban J connectivity index is -0.0000000315. The molecule has 0 unspecified atom stereocenters. The van der Waals surface area contributed by atoms with Crippen LogP contribution in [0.5, 0.6) is 0 Å². The molecule has 0 radical (unpaired) electrons. The van der Waals surface area contributed by atoms with Crippen molar-refractivity contribution in [2.45, 2.75) is 0 Å². The number of rotatable bonds is 1. The molecule has 54 valence electrons. The first kappa shape index (κ1) is 22.4. The van der Waals surface area contributed by atoms with E-state index in [2.05, 4.69) is 26.3 Å². The van der Waals surface area contributed by atoms with Gasteiger partial charge in [-0.3, -0.25) is 0 Å². The third-order valence-electron chi connectivity index (χ3n) is 0.129. The Hall–Kier alpha value is 0.546. The number of carboxylic acids is 1. The van der Waals surface area contributed by atoms with Crippen molar-refractivity contribution in [2.75, 3.05) is 6.61 Å². The Bertz CT molecular complexity index is 64.0. The largest absolute Gasteiger partial charge is 1.00 e. The standard InChI is InChI=1S/C2H4O3.2C2H4.K/c3-1-2(4)5;2*1-2;/h3H,1H2,(H,4,5);2*1-2H2;/q;;;+1/p-1. The molecule has 0 amide bonds. The molecule has 0 aromatic carbocycles. The van der Waals surface area contributed by atoms with Gasteiger partial charge in [-0.25, -0.2) is 0 Å². The Morgan fingerprint density at radius 3 is 1.40 bits per heavy atom. The van der Waals surface area contributed by atoms with Crippen molar-refractivity contribution in [3.05, 3.63) is 26.3 Å². The number of hydrogen-bond acceptors (Lipinski definition) is 3. The van der Waals surface area contributed by atoms with Crippen molar-refractivity contribution in [1.82, 2.24) is 0 Å². The first-order valence-electron chi connectivity index (χ1n) is 2.08. The van der Waals surface area contributed by atoms with Crippen LogP contribution in [-0.4, -0.2) is 17.7 Å². The zero-order valence-corrected chi connectivity index (χ0v) is 9.42. The van der Waals surface area contributed by atoms with Crippen LogP contribution in [0.1, 0.15) is 0 Å². The fraction of sp³-hybridized carbons (Fsp3) is 0.167. The molecule has 0 saturated carbocycles.